The van der Waals surface area contributed by atoms with E-state index in [2.05, 4.69) is 0 Å². The van der Waals surface area contributed by atoms with E-state index in [-0.39, 0.29) is 11.3 Å². The van der Waals surface area contributed by atoms with Gasteiger partial charge in [0.2, 0.25) is 6.29 Å². The summed E-state index contributed by atoms with van der Waals surface area (Å²) in [6.07, 6.45) is 1.58. The summed E-state index contributed by atoms with van der Waals surface area (Å²) in [4.78, 5) is 10.0. The first kappa shape index (κ1) is 6.74. The lowest BCUT2D eigenvalue weighted by Crippen LogP contribution is -1.92. The third-order valence-corrected chi connectivity index (χ3v) is 1.12. The van der Waals surface area contributed by atoms with Crippen LogP contribution in [0, 0.1) is 5.82 Å². The summed E-state index contributed by atoms with van der Waals surface area (Å²) in [7, 11) is 0. The SMILES string of the molecule is Nc1cc(F)ccc1[C]=O. The highest BCUT2D eigenvalue weighted by Crippen LogP contribution is 2.09. The number of halogens is 1. The molecule has 1 rings (SSSR count). The molecule has 3 heteroatoms. The molecule has 0 heterocycles. The number of benzene rings is 1. The number of nitrogen functional groups attached to an aromatic ring is 1. The number of carbonyl (C=O) groups excluding carboxylic acids is 1. The molecule has 0 fully saturated rings. The highest BCUT2D eigenvalue weighted by molar-refractivity contribution is 5.83. The summed E-state index contributed by atoms with van der Waals surface area (Å²) >= 11 is 0. The Morgan fingerprint density at radius 3 is 2.70 bits per heavy atom. The van der Waals surface area contributed by atoms with E-state index in [0.29, 0.717) is 0 Å². The first-order valence-corrected chi connectivity index (χ1v) is 2.67. The van der Waals surface area contributed by atoms with E-state index >= 15 is 0 Å². The highest BCUT2D eigenvalue weighted by Gasteiger charge is 1.98. The van der Waals surface area contributed by atoms with E-state index in [9.17, 15) is 9.18 Å². The molecule has 0 amide bonds. The predicted octanol–water partition coefficient (Wildman–Crippen LogP) is 0.866. The Balaban J connectivity index is 3.19. The van der Waals surface area contributed by atoms with Crippen LogP contribution < -0.4 is 5.73 Å². The van der Waals surface area contributed by atoms with Crippen LogP contribution in [0.4, 0.5) is 10.1 Å². The van der Waals surface area contributed by atoms with Crippen LogP contribution in [-0.4, -0.2) is 6.29 Å². The summed E-state index contributed by atoms with van der Waals surface area (Å²) in [6.45, 7) is 0. The van der Waals surface area contributed by atoms with Gasteiger partial charge in [-0.05, 0) is 18.2 Å². The topological polar surface area (TPSA) is 43.1 Å². The van der Waals surface area contributed by atoms with Crippen LogP contribution in [0.25, 0.3) is 0 Å². The first-order chi connectivity index (χ1) is 4.74. The Labute approximate surface area is 57.5 Å². The summed E-state index contributed by atoms with van der Waals surface area (Å²) in [5.41, 5.74) is 5.55. The molecule has 0 saturated carbocycles. The van der Waals surface area contributed by atoms with Crippen molar-refractivity contribution in [2.45, 2.75) is 0 Å². The van der Waals surface area contributed by atoms with Gasteiger partial charge in [-0.3, -0.25) is 4.79 Å². The zero-order chi connectivity index (χ0) is 7.56. The monoisotopic (exact) mass is 138 g/mol. The molecule has 1 aromatic rings. The normalized spacial score (nSPS) is 9.30. The van der Waals surface area contributed by atoms with Gasteiger partial charge in [0.05, 0.1) is 0 Å². The van der Waals surface area contributed by atoms with Gasteiger partial charge in [0.15, 0.2) is 0 Å². The van der Waals surface area contributed by atoms with Gasteiger partial charge in [-0.15, -0.1) is 0 Å². The standard InChI is InChI=1S/C7H5FNO/c8-6-2-1-5(4-10)7(9)3-6/h1-3H,9H2. The van der Waals surface area contributed by atoms with Crippen LogP contribution in [0.3, 0.4) is 0 Å². The molecule has 0 spiro atoms. The minimum Gasteiger partial charge on any atom is -0.398 e. The molecule has 2 N–H and O–H groups in total. The summed E-state index contributed by atoms with van der Waals surface area (Å²) in [5.74, 6) is -0.448. The van der Waals surface area contributed by atoms with Gasteiger partial charge in [0.1, 0.15) is 5.82 Å². The molecule has 1 aromatic carbocycles. The Kier molecular flexibility index (Phi) is 1.67. The van der Waals surface area contributed by atoms with Crippen LogP contribution in [-0.2, 0) is 4.79 Å². The maximum atomic E-state index is 12.3. The van der Waals surface area contributed by atoms with Crippen LogP contribution in [0.1, 0.15) is 5.56 Å². The molecule has 0 atom stereocenters. The highest BCUT2D eigenvalue weighted by atomic mass is 19.1. The van der Waals surface area contributed by atoms with E-state index in [1.165, 1.54) is 6.07 Å². The number of hydrogen-bond donors (Lipinski definition) is 1. The van der Waals surface area contributed by atoms with Crippen LogP contribution in [0.2, 0.25) is 0 Å². The summed E-state index contributed by atoms with van der Waals surface area (Å²) < 4.78 is 12.3. The smallest absolute Gasteiger partial charge is 0.235 e. The van der Waals surface area contributed by atoms with Gasteiger partial charge in [-0.1, -0.05) is 0 Å². The number of rotatable bonds is 1. The Hall–Kier alpha value is -1.38. The fourth-order valence-corrected chi connectivity index (χ4v) is 0.627. The molecule has 2 nitrogen and oxygen atoms in total. The molecule has 1 radical (unpaired) electrons. The van der Waals surface area contributed by atoms with Crippen molar-refractivity contribution >= 4 is 12.0 Å². The first-order valence-electron chi connectivity index (χ1n) is 2.67. The second kappa shape index (κ2) is 2.47. The lowest BCUT2D eigenvalue weighted by atomic mass is 10.2. The molecule has 0 aliphatic carbocycles. The van der Waals surface area contributed by atoms with Crippen molar-refractivity contribution in [3.8, 4) is 0 Å². The molecule has 0 aliphatic heterocycles. The van der Waals surface area contributed by atoms with E-state index in [1.54, 1.807) is 6.29 Å². The van der Waals surface area contributed by atoms with E-state index < -0.39 is 5.82 Å². The lowest BCUT2D eigenvalue weighted by Gasteiger charge is -1.94. The van der Waals surface area contributed by atoms with Gasteiger partial charge >= 0.3 is 0 Å². The maximum absolute atomic E-state index is 12.3. The molecule has 0 unspecified atom stereocenters. The van der Waals surface area contributed by atoms with Crippen LogP contribution in [0.15, 0.2) is 18.2 Å². The third kappa shape index (κ3) is 1.13. The zero-order valence-corrected chi connectivity index (χ0v) is 5.10. The number of nitrogens with two attached hydrogens (primary N) is 1. The van der Waals surface area contributed by atoms with Gasteiger partial charge < -0.3 is 5.73 Å². The van der Waals surface area contributed by atoms with Gasteiger partial charge in [0.25, 0.3) is 0 Å². The quantitative estimate of drug-likeness (QED) is 0.585. The molecule has 10 heavy (non-hydrogen) atoms. The maximum Gasteiger partial charge on any atom is 0.235 e. The van der Waals surface area contributed by atoms with Crippen LogP contribution in [0.5, 0.6) is 0 Å². The van der Waals surface area contributed by atoms with Crippen molar-refractivity contribution in [2.24, 2.45) is 0 Å². The van der Waals surface area contributed by atoms with E-state index in [0.717, 1.165) is 12.1 Å². The second-order valence-corrected chi connectivity index (χ2v) is 1.83. The molecule has 51 valence electrons. The Morgan fingerprint density at radius 1 is 1.50 bits per heavy atom. The zero-order valence-electron chi connectivity index (χ0n) is 5.10. The molecule has 0 bridgehead atoms. The van der Waals surface area contributed by atoms with Crippen molar-refractivity contribution in [3.63, 3.8) is 0 Å². The van der Waals surface area contributed by atoms with Crippen LogP contribution >= 0.6 is 0 Å². The Bertz CT molecular complexity index is 260. The summed E-state index contributed by atoms with van der Waals surface area (Å²) in [5, 5.41) is 0. The van der Waals surface area contributed by atoms with Crippen molar-refractivity contribution in [3.05, 3.63) is 29.6 Å². The van der Waals surface area contributed by atoms with Gasteiger partial charge in [-0.25, -0.2) is 4.39 Å². The Morgan fingerprint density at radius 2 is 2.20 bits per heavy atom. The second-order valence-electron chi connectivity index (χ2n) is 1.83. The molecule has 0 aromatic heterocycles. The average Bonchev–Trinajstić information content (AvgIpc) is 1.88. The summed E-state index contributed by atoms with van der Waals surface area (Å²) in [6, 6.07) is 3.54. The molecular formula is C7H5FNO. The number of hydrogen-bond acceptors (Lipinski definition) is 2. The fraction of sp³-hybridized carbons (Fsp3) is 0. The average molecular weight is 138 g/mol. The van der Waals surface area contributed by atoms with E-state index in [1.807, 2.05) is 0 Å². The molecule has 0 aliphatic rings. The van der Waals surface area contributed by atoms with Crippen molar-refractivity contribution < 1.29 is 9.18 Å². The van der Waals surface area contributed by atoms with Crippen molar-refractivity contribution in [1.29, 1.82) is 0 Å². The predicted molar refractivity (Wildman–Crippen MR) is 35.6 cm³/mol. The van der Waals surface area contributed by atoms with E-state index in [4.69, 9.17) is 5.73 Å². The molecule has 0 saturated heterocycles. The third-order valence-electron chi connectivity index (χ3n) is 1.12. The largest absolute Gasteiger partial charge is 0.398 e. The van der Waals surface area contributed by atoms with Gasteiger partial charge in [-0.2, -0.15) is 0 Å². The number of anilines is 1. The van der Waals surface area contributed by atoms with Gasteiger partial charge in [0, 0.05) is 11.3 Å². The van der Waals surface area contributed by atoms with Crippen molar-refractivity contribution in [2.75, 3.05) is 5.73 Å². The minimum atomic E-state index is -0.448. The molecular weight excluding hydrogens is 133 g/mol. The minimum absolute atomic E-state index is 0.120. The lowest BCUT2D eigenvalue weighted by molar-refractivity contribution is 0.562. The van der Waals surface area contributed by atoms with Crippen molar-refractivity contribution in [1.82, 2.24) is 0 Å². The fourth-order valence-electron chi connectivity index (χ4n) is 0.627.